The molecule has 1 saturated heterocycles. The van der Waals surface area contributed by atoms with E-state index in [-0.39, 0.29) is 24.3 Å². The number of aromatic nitrogens is 2. The van der Waals surface area contributed by atoms with Gasteiger partial charge in [-0.05, 0) is 44.0 Å². The van der Waals surface area contributed by atoms with Gasteiger partial charge in [-0.25, -0.2) is 14.4 Å². The first-order chi connectivity index (χ1) is 15.1. The molecule has 1 aromatic carbocycles. The number of carbonyl (C=O) groups is 1. The number of aliphatic carboxylic acids is 1. The first-order valence-corrected chi connectivity index (χ1v) is 10.7. The number of nitrogens with zero attached hydrogens (tertiary/aromatic N) is 2. The van der Waals surface area contributed by atoms with E-state index < -0.39 is 17.9 Å². The van der Waals surface area contributed by atoms with Crippen LogP contribution in [0.25, 0.3) is 17.3 Å². The number of carboxylic acids is 1. The summed E-state index contributed by atoms with van der Waals surface area (Å²) in [6.45, 7) is 7.64. The number of ether oxygens (including phenoxy) is 2. The summed E-state index contributed by atoms with van der Waals surface area (Å²) in [5, 5.41) is 12.2. The maximum absolute atomic E-state index is 13.5. The molecule has 0 unspecified atom stereocenters. The summed E-state index contributed by atoms with van der Waals surface area (Å²) in [7, 11) is 1.75. The predicted octanol–water partition coefficient (Wildman–Crippen LogP) is 4.85. The molecule has 172 valence electrons. The lowest BCUT2D eigenvalue weighted by Gasteiger charge is -2.39. The quantitative estimate of drug-likeness (QED) is 0.632. The Kier molecular flexibility index (Phi) is 7.26. The number of anilines is 1. The first-order valence-electron chi connectivity index (χ1n) is 10.7. The molecule has 0 radical (unpaired) electrons. The Morgan fingerprint density at radius 2 is 1.97 bits per heavy atom. The van der Waals surface area contributed by atoms with E-state index in [9.17, 15) is 14.3 Å². The lowest BCUT2D eigenvalue weighted by atomic mass is 9.97. The van der Waals surface area contributed by atoms with E-state index in [1.165, 1.54) is 12.1 Å². The van der Waals surface area contributed by atoms with E-state index in [1.807, 2.05) is 26.0 Å². The minimum Gasteiger partial charge on any atom is -0.481 e. The maximum atomic E-state index is 13.5. The third-order valence-corrected chi connectivity index (χ3v) is 5.12. The van der Waals surface area contributed by atoms with E-state index in [1.54, 1.807) is 33.0 Å². The van der Waals surface area contributed by atoms with E-state index in [2.05, 4.69) is 15.3 Å². The van der Waals surface area contributed by atoms with Crippen molar-refractivity contribution in [2.24, 2.45) is 0 Å². The monoisotopic (exact) mass is 443 g/mol. The van der Waals surface area contributed by atoms with Gasteiger partial charge in [0.05, 0.1) is 30.0 Å². The SMILES string of the molecule is CNc1nc(-c2ccc(F)cc2)c(/C=C/[C@@H]2C[C@H](CC(=O)O)OC(C)(C)O2)c(C(C)C)n1. The van der Waals surface area contributed by atoms with E-state index in [4.69, 9.17) is 9.47 Å². The zero-order valence-corrected chi connectivity index (χ0v) is 19.1. The average molecular weight is 444 g/mol. The van der Waals surface area contributed by atoms with Gasteiger partial charge in [-0.3, -0.25) is 4.79 Å². The molecule has 1 aromatic heterocycles. The van der Waals surface area contributed by atoms with Crippen LogP contribution in [0.15, 0.2) is 30.3 Å². The molecule has 0 amide bonds. The van der Waals surface area contributed by atoms with Gasteiger partial charge in [0.15, 0.2) is 5.79 Å². The van der Waals surface area contributed by atoms with Crippen LogP contribution < -0.4 is 5.32 Å². The lowest BCUT2D eigenvalue weighted by molar-refractivity contribution is -0.290. The van der Waals surface area contributed by atoms with Crippen molar-refractivity contribution in [3.05, 3.63) is 47.4 Å². The van der Waals surface area contributed by atoms with Gasteiger partial charge in [0.25, 0.3) is 0 Å². The molecule has 0 saturated carbocycles. The zero-order valence-electron chi connectivity index (χ0n) is 19.1. The van der Waals surface area contributed by atoms with Crippen LogP contribution in [0, 0.1) is 5.82 Å². The third-order valence-electron chi connectivity index (χ3n) is 5.12. The van der Waals surface area contributed by atoms with Crippen LogP contribution in [0.4, 0.5) is 10.3 Å². The molecule has 8 heteroatoms. The van der Waals surface area contributed by atoms with Crippen molar-refractivity contribution in [1.29, 1.82) is 0 Å². The van der Waals surface area contributed by atoms with Crippen LogP contribution in [0.2, 0.25) is 0 Å². The molecular weight excluding hydrogens is 413 g/mol. The standard InChI is InChI=1S/C24H30FN3O4/c1-14(2)21-19(11-10-17-12-18(13-20(29)30)32-24(3,4)31-17)22(28-23(26-5)27-21)15-6-8-16(25)9-7-15/h6-11,14,17-18H,12-13H2,1-5H3,(H,29,30)(H,26,27,28)/b11-10+/t17-,18-/m1/s1. The largest absolute Gasteiger partial charge is 0.481 e. The van der Waals surface area contributed by atoms with Crippen molar-refractivity contribution >= 4 is 18.0 Å². The number of nitrogens with one attached hydrogen (secondary N) is 1. The average Bonchev–Trinajstić information content (AvgIpc) is 2.70. The fourth-order valence-corrected chi connectivity index (χ4v) is 3.82. The molecule has 2 N–H and O–H groups in total. The minimum atomic E-state index is -0.910. The van der Waals surface area contributed by atoms with Gasteiger partial charge in [0.1, 0.15) is 5.82 Å². The van der Waals surface area contributed by atoms with Crippen molar-refractivity contribution in [1.82, 2.24) is 9.97 Å². The van der Waals surface area contributed by atoms with Gasteiger partial charge in [-0.1, -0.05) is 26.0 Å². The van der Waals surface area contributed by atoms with E-state index >= 15 is 0 Å². The summed E-state index contributed by atoms with van der Waals surface area (Å²) in [6, 6.07) is 6.18. The molecule has 2 atom stereocenters. The number of rotatable bonds is 7. The highest BCUT2D eigenvalue weighted by atomic mass is 19.1. The number of halogens is 1. The van der Waals surface area contributed by atoms with Gasteiger partial charge in [-0.2, -0.15) is 0 Å². The van der Waals surface area contributed by atoms with Gasteiger partial charge >= 0.3 is 5.97 Å². The minimum absolute atomic E-state index is 0.0881. The summed E-state index contributed by atoms with van der Waals surface area (Å²) >= 11 is 0. The second kappa shape index (κ2) is 9.75. The summed E-state index contributed by atoms with van der Waals surface area (Å²) in [4.78, 5) is 20.5. The fourth-order valence-electron chi connectivity index (χ4n) is 3.82. The Balaban J connectivity index is 2.02. The molecule has 1 aliphatic rings. The van der Waals surface area contributed by atoms with Crippen LogP contribution in [0.5, 0.6) is 0 Å². The molecule has 7 nitrogen and oxygen atoms in total. The number of benzene rings is 1. The normalized spacial score (nSPS) is 20.6. The topological polar surface area (TPSA) is 93.6 Å². The van der Waals surface area contributed by atoms with Crippen molar-refractivity contribution < 1.29 is 23.8 Å². The third kappa shape index (κ3) is 5.89. The van der Waals surface area contributed by atoms with E-state index in [0.717, 1.165) is 16.8 Å². The van der Waals surface area contributed by atoms with Crippen molar-refractivity contribution in [3.8, 4) is 11.3 Å². The predicted molar refractivity (Wildman–Crippen MR) is 121 cm³/mol. The van der Waals surface area contributed by atoms with Crippen LogP contribution in [-0.4, -0.2) is 46.1 Å². The molecule has 3 rings (SSSR count). The number of carboxylic acid groups (broad SMARTS) is 1. The lowest BCUT2D eigenvalue weighted by Crippen LogP contribution is -2.44. The second-order valence-electron chi connectivity index (χ2n) is 8.60. The molecule has 1 fully saturated rings. The Morgan fingerprint density at radius 3 is 2.56 bits per heavy atom. The Hall–Kier alpha value is -2.84. The van der Waals surface area contributed by atoms with Crippen molar-refractivity contribution in [2.75, 3.05) is 12.4 Å². The number of hydrogen-bond donors (Lipinski definition) is 2. The Morgan fingerprint density at radius 1 is 1.28 bits per heavy atom. The molecule has 1 aliphatic heterocycles. The Labute approximate surface area is 187 Å². The Bertz CT molecular complexity index is 989. The second-order valence-corrected chi connectivity index (χ2v) is 8.60. The molecule has 32 heavy (non-hydrogen) atoms. The molecule has 0 spiro atoms. The molecule has 0 aliphatic carbocycles. The van der Waals surface area contributed by atoms with Crippen molar-refractivity contribution in [2.45, 2.75) is 64.4 Å². The highest BCUT2D eigenvalue weighted by molar-refractivity contribution is 5.74. The summed E-state index contributed by atoms with van der Waals surface area (Å²) in [6.07, 6.45) is 3.36. The highest BCUT2D eigenvalue weighted by Gasteiger charge is 2.35. The summed E-state index contributed by atoms with van der Waals surface area (Å²) in [5.74, 6) is -1.54. The van der Waals surface area contributed by atoms with Crippen LogP contribution in [0.3, 0.4) is 0 Å². The zero-order chi connectivity index (χ0) is 23.5. The van der Waals surface area contributed by atoms with Crippen LogP contribution >= 0.6 is 0 Å². The van der Waals surface area contributed by atoms with Crippen molar-refractivity contribution in [3.63, 3.8) is 0 Å². The summed E-state index contributed by atoms with van der Waals surface area (Å²) < 4.78 is 25.3. The molecule has 2 aromatic rings. The number of hydrogen-bond acceptors (Lipinski definition) is 6. The molecular formula is C24H30FN3O4. The highest BCUT2D eigenvalue weighted by Crippen LogP contribution is 2.33. The van der Waals surface area contributed by atoms with E-state index in [0.29, 0.717) is 18.1 Å². The molecule has 2 heterocycles. The van der Waals surface area contributed by atoms with Gasteiger partial charge in [0, 0.05) is 24.6 Å². The molecule has 0 bridgehead atoms. The maximum Gasteiger partial charge on any atom is 0.305 e. The smallest absolute Gasteiger partial charge is 0.305 e. The van der Waals surface area contributed by atoms with Gasteiger partial charge < -0.3 is 19.9 Å². The summed E-state index contributed by atoms with van der Waals surface area (Å²) in [5.41, 5.74) is 3.10. The van der Waals surface area contributed by atoms with Crippen LogP contribution in [-0.2, 0) is 14.3 Å². The van der Waals surface area contributed by atoms with Crippen LogP contribution in [0.1, 0.15) is 57.7 Å². The fraction of sp³-hybridized carbons (Fsp3) is 0.458. The van der Waals surface area contributed by atoms with Gasteiger partial charge in [0.2, 0.25) is 5.95 Å². The first kappa shape index (κ1) is 23.8. The van der Waals surface area contributed by atoms with Gasteiger partial charge in [-0.15, -0.1) is 0 Å².